The Bertz CT molecular complexity index is 575. The number of sulfonamides is 1. The highest BCUT2D eigenvalue weighted by Crippen LogP contribution is 2.23. The molecule has 0 bridgehead atoms. The third-order valence-electron chi connectivity index (χ3n) is 2.32. The highest BCUT2D eigenvalue weighted by atomic mass is 35.5. The van der Waals surface area contributed by atoms with Gasteiger partial charge in [0.05, 0.1) is 11.1 Å². The Hall–Kier alpha value is -1.31. The molecule has 8 heteroatoms. The monoisotopic (exact) mass is 305 g/mol. The first-order valence-corrected chi connectivity index (χ1v) is 7.49. The van der Waals surface area contributed by atoms with E-state index in [0.29, 0.717) is 12.2 Å². The molecule has 0 saturated heterocycles. The largest absolute Gasteiger partial charge is 0.399 e. The normalized spacial score (nSPS) is 13.0. The van der Waals surface area contributed by atoms with Gasteiger partial charge in [0.2, 0.25) is 15.9 Å². The SMILES string of the molecule is CCNC(=O)C(C)NS(=O)(=O)c1ccc(N)cc1Cl. The number of hydrogen-bond acceptors (Lipinski definition) is 4. The molecule has 0 radical (unpaired) electrons. The van der Waals surface area contributed by atoms with E-state index in [1.165, 1.54) is 25.1 Å². The highest BCUT2D eigenvalue weighted by molar-refractivity contribution is 7.89. The number of amides is 1. The third kappa shape index (κ3) is 4.09. The van der Waals surface area contributed by atoms with Gasteiger partial charge in [-0.3, -0.25) is 4.79 Å². The summed E-state index contributed by atoms with van der Waals surface area (Å²) in [5.41, 5.74) is 5.86. The first-order chi connectivity index (χ1) is 8.77. The molecule has 0 saturated carbocycles. The van der Waals surface area contributed by atoms with E-state index in [0.717, 1.165) is 0 Å². The third-order valence-corrected chi connectivity index (χ3v) is 4.35. The van der Waals surface area contributed by atoms with E-state index < -0.39 is 22.0 Å². The number of rotatable bonds is 5. The fourth-order valence-electron chi connectivity index (χ4n) is 1.41. The van der Waals surface area contributed by atoms with Crippen LogP contribution in [0.4, 0.5) is 5.69 Å². The molecule has 4 N–H and O–H groups in total. The van der Waals surface area contributed by atoms with Gasteiger partial charge in [0.15, 0.2) is 0 Å². The maximum atomic E-state index is 12.1. The van der Waals surface area contributed by atoms with Crippen molar-refractivity contribution in [3.05, 3.63) is 23.2 Å². The zero-order chi connectivity index (χ0) is 14.6. The summed E-state index contributed by atoms with van der Waals surface area (Å²) >= 11 is 5.84. The second kappa shape index (κ2) is 6.23. The minimum absolute atomic E-state index is 0.00981. The molecule has 1 aromatic rings. The number of carbonyl (C=O) groups is 1. The van der Waals surface area contributed by atoms with E-state index in [-0.39, 0.29) is 9.92 Å². The summed E-state index contributed by atoms with van der Waals surface area (Å²) in [6.45, 7) is 3.62. The van der Waals surface area contributed by atoms with Gasteiger partial charge in [0.25, 0.3) is 0 Å². The summed E-state index contributed by atoms with van der Waals surface area (Å²) in [6, 6.07) is 3.17. The van der Waals surface area contributed by atoms with E-state index in [1.54, 1.807) is 6.92 Å². The molecule has 0 aromatic heterocycles. The van der Waals surface area contributed by atoms with Gasteiger partial charge in [-0.15, -0.1) is 0 Å². The van der Waals surface area contributed by atoms with Crippen LogP contribution in [0.25, 0.3) is 0 Å². The van der Waals surface area contributed by atoms with Crippen LogP contribution >= 0.6 is 11.6 Å². The summed E-state index contributed by atoms with van der Waals surface area (Å²) in [5, 5.41) is 2.53. The number of nitrogen functional groups attached to an aromatic ring is 1. The van der Waals surface area contributed by atoms with E-state index in [2.05, 4.69) is 10.0 Å². The van der Waals surface area contributed by atoms with Gasteiger partial charge in [-0.1, -0.05) is 11.6 Å². The van der Waals surface area contributed by atoms with Gasteiger partial charge in [0, 0.05) is 12.2 Å². The Labute approximate surface area is 117 Å². The predicted octanol–water partition coefficient (Wildman–Crippen LogP) is 0.725. The van der Waals surface area contributed by atoms with Crippen molar-refractivity contribution >= 4 is 33.2 Å². The van der Waals surface area contributed by atoms with Crippen LogP contribution in [0.15, 0.2) is 23.1 Å². The number of hydrogen-bond donors (Lipinski definition) is 3. The van der Waals surface area contributed by atoms with Gasteiger partial charge in [0.1, 0.15) is 4.90 Å². The van der Waals surface area contributed by atoms with Crippen molar-refractivity contribution in [2.45, 2.75) is 24.8 Å². The number of nitrogens with two attached hydrogens (primary N) is 1. The van der Waals surface area contributed by atoms with Crippen molar-refractivity contribution in [1.82, 2.24) is 10.0 Å². The molecule has 1 amide bonds. The van der Waals surface area contributed by atoms with Crippen molar-refractivity contribution in [3.63, 3.8) is 0 Å². The number of halogens is 1. The molecule has 0 fully saturated rings. The molecule has 1 unspecified atom stereocenters. The molecule has 1 atom stereocenters. The average molecular weight is 306 g/mol. The quantitative estimate of drug-likeness (QED) is 0.698. The molecule has 19 heavy (non-hydrogen) atoms. The summed E-state index contributed by atoms with van der Waals surface area (Å²) in [7, 11) is -3.87. The number of benzene rings is 1. The van der Waals surface area contributed by atoms with E-state index in [4.69, 9.17) is 17.3 Å². The first-order valence-electron chi connectivity index (χ1n) is 5.63. The van der Waals surface area contributed by atoms with Crippen LogP contribution < -0.4 is 15.8 Å². The van der Waals surface area contributed by atoms with Gasteiger partial charge in [-0.05, 0) is 32.0 Å². The van der Waals surface area contributed by atoms with Crippen molar-refractivity contribution in [3.8, 4) is 0 Å². The minimum atomic E-state index is -3.87. The number of carbonyl (C=O) groups excluding carboxylic acids is 1. The van der Waals surface area contributed by atoms with Crippen LogP contribution in [0, 0.1) is 0 Å². The van der Waals surface area contributed by atoms with Gasteiger partial charge < -0.3 is 11.1 Å². The summed E-state index contributed by atoms with van der Waals surface area (Å²) in [5.74, 6) is -0.405. The molecule has 0 aliphatic rings. The fraction of sp³-hybridized carbons (Fsp3) is 0.364. The average Bonchev–Trinajstić information content (AvgIpc) is 2.27. The number of anilines is 1. The van der Waals surface area contributed by atoms with E-state index in [9.17, 15) is 13.2 Å². The standard InChI is InChI=1S/C11H16ClN3O3S/c1-3-14-11(16)7(2)15-19(17,18)10-5-4-8(13)6-9(10)12/h4-7,15H,3,13H2,1-2H3,(H,14,16). The van der Waals surface area contributed by atoms with Crippen molar-refractivity contribution in [1.29, 1.82) is 0 Å². The molecule has 0 aliphatic heterocycles. The Balaban J connectivity index is 2.95. The summed E-state index contributed by atoms with van der Waals surface area (Å²) in [6.07, 6.45) is 0. The summed E-state index contributed by atoms with van der Waals surface area (Å²) in [4.78, 5) is 11.4. The highest BCUT2D eigenvalue weighted by Gasteiger charge is 2.23. The van der Waals surface area contributed by atoms with Crippen molar-refractivity contribution in [2.75, 3.05) is 12.3 Å². The Morgan fingerprint density at radius 2 is 2.11 bits per heavy atom. The molecule has 106 valence electrons. The number of likely N-dealkylation sites (N-methyl/N-ethyl adjacent to an activating group) is 1. The van der Waals surface area contributed by atoms with Crippen LogP contribution in [-0.2, 0) is 14.8 Å². The zero-order valence-corrected chi connectivity index (χ0v) is 12.2. The van der Waals surface area contributed by atoms with Crippen molar-refractivity contribution < 1.29 is 13.2 Å². The first kappa shape index (κ1) is 15.7. The number of nitrogens with one attached hydrogen (secondary N) is 2. The molecule has 6 nitrogen and oxygen atoms in total. The Morgan fingerprint density at radius 3 is 2.63 bits per heavy atom. The topological polar surface area (TPSA) is 101 Å². The smallest absolute Gasteiger partial charge is 0.242 e. The van der Waals surface area contributed by atoms with Crippen LogP contribution in [0.3, 0.4) is 0 Å². The van der Waals surface area contributed by atoms with Crippen LogP contribution in [0.5, 0.6) is 0 Å². The molecule has 0 heterocycles. The van der Waals surface area contributed by atoms with Crippen molar-refractivity contribution in [2.24, 2.45) is 0 Å². The molecular weight excluding hydrogens is 290 g/mol. The maximum absolute atomic E-state index is 12.1. The molecule has 1 aromatic carbocycles. The fourth-order valence-corrected chi connectivity index (χ4v) is 3.17. The lowest BCUT2D eigenvalue weighted by atomic mass is 10.3. The Morgan fingerprint density at radius 1 is 1.47 bits per heavy atom. The predicted molar refractivity (Wildman–Crippen MR) is 74.3 cm³/mol. The van der Waals surface area contributed by atoms with Gasteiger partial charge in [-0.25, -0.2) is 8.42 Å². The molecule has 1 rings (SSSR count). The van der Waals surface area contributed by atoms with Gasteiger partial charge >= 0.3 is 0 Å². The summed E-state index contributed by atoms with van der Waals surface area (Å²) < 4.78 is 26.4. The van der Waals surface area contributed by atoms with Crippen LogP contribution in [-0.4, -0.2) is 26.9 Å². The Kier molecular flexibility index (Phi) is 5.16. The lowest BCUT2D eigenvalue weighted by Crippen LogP contribution is -2.44. The van der Waals surface area contributed by atoms with Crippen LogP contribution in [0.1, 0.15) is 13.8 Å². The molecule has 0 spiro atoms. The van der Waals surface area contributed by atoms with E-state index >= 15 is 0 Å². The van der Waals surface area contributed by atoms with E-state index in [1.807, 2.05) is 0 Å². The van der Waals surface area contributed by atoms with Gasteiger partial charge in [-0.2, -0.15) is 4.72 Å². The molecular formula is C11H16ClN3O3S. The van der Waals surface area contributed by atoms with Crippen LogP contribution in [0.2, 0.25) is 5.02 Å². The lowest BCUT2D eigenvalue weighted by molar-refractivity contribution is -0.122. The molecule has 0 aliphatic carbocycles. The maximum Gasteiger partial charge on any atom is 0.242 e. The second-order valence-corrected chi connectivity index (χ2v) is 6.02. The second-order valence-electron chi connectivity index (χ2n) is 3.93. The lowest BCUT2D eigenvalue weighted by Gasteiger charge is -2.14. The minimum Gasteiger partial charge on any atom is -0.399 e. The zero-order valence-electron chi connectivity index (χ0n) is 10.6.